The van der Waals surface area contributed by atoms with Crippen LogP contribution in [0, 0.1) is 6.92 Å². The molecule has 0 radical (unpaired) electrons. The minimum absolute atomic E-state index is 0.154. The maximum atomic E-state index is 11.0. The van der Waals surface area contributed by atoms with Crippen molar-refractivity contribution in [3.63, 3.8) is 0 Å². The van der Waals surface area contributed by atoms with Gasteiger partial charge in [0, 0.05) is 18.9 Å². The zero-order valence-corrected chi connectivity index (χ0v) is 14.3. The van der Waals surface area contributed by atoms with Gasteiger partial charge in [0.15, 0.2) is 6.29 Å². The third-order valence-electron chi connectivity index (χ3n) is 5.02. The van der Waals surface area contributed by atoms with Crippen LogP contribution in [0.25, 0.3) is 0 Å². The molecule has 2 aliphatic heterocycles. The van der Waals surface area contributed by atoms with E-state index in [0.717, 1.165) is 17.1 Å². The first-order valence-electron chi connectivity index (χ1n) is 8.48. The molecule has 2 aromatic rings. The first-order chi connectivity index (χ1) is 12.2. The van der Waals surface area contributed by atoms with Gasteiger partial charge in [-0.15, -0.1) is 0 Å². The van der Waals surface area contributed by atoms with Crippen molar-refractivity contribution in [3.8, 4) is 5.75 Å². The molecular formula is C18H23N3O4. The molecule has 0 amide bonds. The van der Waals surface area contributed by atoms with Crippen molar-refractivity contribution in [1.29, 1.82) is 0 Å². The normalized spacial score (nSPS) is 31.2. The summed E-state index contributed by atoms with van der Waals surface area (Å²) in [7, 11) is 1.65. The lowest BCUT2D eigenvalue weighted by Crippen LogP contribution is -2.57. The molecular weight excluding hydrogens is 322 g/mol. The van der Waals surface area contributed by atoms with E-state index in [0.29, 0.717) is 13.2 Å². The SMILES string of the molecule is COc1ccc(CN[C@H]2[C@H](O)[C@@H](n3ccnc3C)[C@@H]3OC[C@H]2O3)cc1. The fourth-order valence-corrected chi connectivity index (χ4v) is 3.63. The predicted molar refractivity (Wildman–Crippen MR) is 90.2 cm³/mol. The second-order valence-corrected chi connectivity index (χ2v) is 6.49. The van der Waals surface area contributed by atoms with E-state index in [4.69, 9.17) is 14.2 Å². The number of aliphatic hydroxyl groups excluding tert-OH is 1. The van der Waals surface area contributed by atoms with E-state index in [1.54, 1.807) is 13.3 Å². The molecule has 0 aliphatic carbocycles. The molecule has 1 aromatic heterocycles. The highest BCUT2D eigenvalue weighted by molar-refractivity contribution is 5.27. The highest BCUT2D eigenvalue weighted by Crippen LogP contribution is 2.36. The maximum absolute atomic E-state index is 11.0. The molecule has 2 N–H and O–H groups in total. The van der Waals surface area contributed by atoms with Gasteiger partial charge in [-0.2, -0.15) is 0 Å². The van der Waals surface area contributed by atoms with Crippen molar-refractivity contribution in [2.75, 3.05) is 13.7 Å². The van der Waals surface area contributed by atoms with Gasteiger partial charge in [0.25, 0.3) is 0 Å². The number of hydrogen-bond acceptors (Lipinski definition) is 6. The Morgan fingerprint density at radius 2 is 2.16 bits per heavy atom. The van der Waals surface area contributed by atoms with E-state index in [1.165, 1.54) is 0 Å². The van der Waals surface area contributed by atoms with Crippen molar-refractivity contribution in [2.45, 2.75) is 44.1 Å². The number of rotatable bonds is 5. The Kier molecular flexibility index (Phi) is 4.47. The van der Waals surface area contributed by atoms with Crippen LogP contribution in [-0.4, -0.2) is 52.9 Å². The average Bonchev–Trinajstić information content (AvgIpc) is 3.24. The van der Waals surface area contributed by atoms with Crippen molar-refractivity contribution in [1.82, 2.24) is 14.9 Å². The molecule has 2 saturated heterocycles. The molecule has 3 heterocycles. The van der Waals surface area contributed by atoms with Crippen LogP contribution in [0.4, 0.5) is 0 Å². The van der Waals surface area contributed by atoms with Gasteiger partial charge in [-0.3, -0.25) is 0 Å². The molecule has 2 fully saturated rings. The van der Waals surface area contributed by atoms with Crippen molar-refractivity contribution in [3.05, 3.63) is 48.0 Å². The zero-order valence-electron chi connectivity index (χ0n) is 14.3. The van der Waals surface area contributed by atoms with Gasteiger partial charge in [-0.05, 0) is 24.6 Å². The molecule has 25 heavy (non-hydrogen) atoms. The summed E-state index contributed by atoms with van der Waals surface area (Å²) in [5.41, 5.74) is 1.12. The van der Waals surface area contributed by atoms with Crippen LogP contribution >= 0.6 is 0 Å². The first kappa shape index (κ1) is 16.5. The number of methoxy groups -OCH3 is 1. The van der Waals surface area contributed by atoms with Gasteiger partial charge in [-0.1, -0.05) is 12.1 Å². The van der Waals surface area contributed by atoms with Crippen LogP contribution in [0.15, 0.2) is 36.7 Å². The number of aliphatic hydroxyl groups is 1. The number of aromatic nitrogens is 2. The van der Waals surface area contributed by atoms with Crippen LogP contribution in [0.1, 0.15) is 17.4 Å². The second kappa shape index (κ2) is 6.76. The summed E-state index contributed by atoms with van der Waals surface area (Å²) >= 11 is 0. The molecule has 2 aliphatic rings. The predicted octanol–water partition coefficient (Wildman–Crippen LogP) is 1.02. The van der Waals surface area contributed by atoms with E-state index in [9.17, 15) is 5.11 Å². The highest BCUT2D eigenvalue weighted by Gasteiger charge is 2.50. The van der Waals surface area contributed by atoms with Crippen molar-refractivity contribution >= 4 is 0 Å². The topological polar surface area (TPSA) is 77.8 Å². The maximum Gasteiger partial charge on any atom is 0.181 e. The number of hydrogen-bond donors (Lipinski definition) is 2. The van der Waals surface area contributed by atoms with Crippen molar-refractivity contribution < 1.29 is 19.3 Å². The summed E-state index contributed by atoms with van der Waals surface area (Å²) < 4.78 is 18.9. The monoisotopic (exact) mass is 345 g/mol. The number of ether oxygens (including phenoxy) is 3. The van der Waals surface area contributed by atoms with Crippen LogP contribution in [0.5, 0.6) is 5.75 Å². The number of nitrogens with zero attached hydrogens (tertiary/aromatic N) is 2. The van der Waals surface area contributed by atoms with Gasteiger partial charge in [0.1, 0.15) is 23.7 Å². The minimum Gasteiger partial charge on any atom is -0.497 e. The number of fused-ring (bicyclic) bond motifs is 2. The molecule has 0 spiro atoms. The third kappa shape index (κ3) is 3.04. The van der Waals surface area contributed by atoms with Crippen LogP contribution in [-0.2, 0) is 16.0 Å². The Balaban J connectivity index is 1.49. The van der Waals surface area contributed by atoms with Gasteiger partial charge >= 0.3 is 0 Å². The summed E-state index contributed by atoms with van der Waals surface area (Å²) in [6.45, 7) is 3.02. The summed E-state index contributed by atoms with van der Waals surface area (Å²) in [6, 6.07) is 7.34. The average molecular weight is 345 g/mol. The Labute approximate surface area is 146 Å². The molecule has 5 atom stereocenters. The Morgan fingerprint density at radius 1 is 1.36 bits per heavy atom. The van der Waals surface area contributed by atoms with Gasteiger partial charge in [-0.25, -0.2) is 4.98 Å². The molecule has 4 rings (SSSR count). The van der Waals surface area contributed by atoms with Gasteiger partial charge in [0.2, 0.25) is 0 Å². The number of benzene rings is 1. The molecule has 0 saturated carbocycles. The van der Waals surface area contributed by atoms with E-state index in [-0.39, 0.29) is 18.2 Å². The number of nitrogens with one attached hydrogen (secondary N) is 1. The third-order valence-corrected chi connectivity index (χ3v) is 5.02. The van der Waals surface area contributed by atoms with Gasteiger partial charge in [0.05, 0.1) is 25.9 Å². The van der Waals surface area contributed by atoms with Gasteiger partial charge < -0.3 is 29.2 Å². The second-order valence-electron chi connectivity index (χ2n) is 6.49. The Hall–Kier alpha value is -1.93. The quantitative estimate of drug-likeness (QED) is 0.842. The lowest BCUT2D eigenvalue weighted by Gasteiger charge is -2.39. The fraction of sp³-hybridized carbons (Fsp3) is 0.500. The smallest absolute Gasteiger partial charge is 0.181 e. The largest absolute Gasteiger partial charge is 0.497 e. The summed E-state index contributed by atoms with van der Waals surface area (Å²) in [5, 5.41) is 14.4. The van der Waals surface area contributed by atoms with Crippen molar-refractivity contribution in [2.24, 2.45) is 0 Å². The molecule has 7 heteroatoms. The summed E-state index contributed by atoms with van der Waals surface area (Å²) in [4.78, 5) is 4.25. The van der Waals surface area contributed by atoms with Crippen LogP contribution < -0.4 is 10.1 Å². The standard InChI is InChI=1S/C18H23N3O4/c1-11-19-7-8-21(11)16-17(22)15(14-10-24-18(16)25-14)20-9-12-3-5-13(23-2)6-4-12/h3-8,14-18,20,22H,9-10H2,1-2H3/t14-,15-,16-,17+,18-/m1/s1. The van der Waals surface area contributed by atoms with E-state index in [1.807, 2.05) is 42.0 Å². The molecule has 1 aromatic carbocycles. The zero-order chi connectivity index (χ0) is 17.4. The summed E-state index contributed by atoms with van der Waals surface area (Å²) in [5.74, 6) is 1.66. The molecule has 2 bridgehead atoms. The Morgan fingerprint density at radius 3 is 2.84 bits per heavy atom. The van der Waals surface area contributed by atoms with E-state index >= 15 is 0 Å². The minimum atomic E-state index is -0.627. The summed E-state index contributed by atoms with van der Waals surface area (Å²) in [6.07, 6.45) is 2.36. The molecule has 134 valence electrons. The lowest BCUT2D eigenvalue weighted by molar-refractivity contribution is -0.165. The number of imidazole rings is 1. The molecule has 7 nitrogen and oxygen atoms in total. The van der Waals surface area contributed by atoms with E-state index in [2.05, 4.69) is 10.3 Å². The lowest BCUT2D eigenvalue weighted by atomic mass is 9.95. The van der Waals surface area contributed by atoms with Crippen LogP contribution in [0.2, 0.25) is 0 Å². The Bertz CT molecular complexity index is 717. The highest BCUT2D eigenvalue weighted by atomic mass is 16.7. The first-order valence-corrected chi connectivity index (χ1v) is 8.48. The molecule has 0 unspecified atom stereocenters. The number of aryl methyl sites for hydroxylation is 1. The van der Waals surface area contributed by atoms with E-state index < -0.39 is 12.4 Å². The fourth-order valence-electron chi connectivity index (χ4n) is 3.63. The van der Waals surface area contributed by atoms with Crippen LogP contribution in [0.3, 0.4) is 0 Å².